The zero-order valence-electron chi connectivity index (χ0n) is 16.7. The molecule has 9 heteroatoms. The van der Waals surface area contributed by atoms with Crippen LogP contribution in [0.4, 0.5) is 5.69 Å². The number of benzene rings is 1. The maximum Gasteiger partial charge on any atom is 0.208 e. The molecule has 0 spiro atoms. The molecule has 0 radical (unpaired) electrons. The van der Waals surface area contributed by atoms with Crippen LogP contribution in [0.25, 0.3) is 22.0 Å². The van der Waals surface area contributed by atoms with E-state index >= 15 is 0 Å². The van der Waals surface area contributed by atoms with Gasteiger partial charge < -0.3 is 10.3 Å². The number of sulfonamides is 1. The van der Waals surface area contributed by atoms with Crippen LogP contribution >= 0.6 is 11.6 Å². The first-order chi connectivity index (χ1) is 14.2. The molecule has 0 bridgehead atoms. The highest BCUT2D eigenvalue weighted by Gasteiger charge is 2.29. The fourth-order valence-corrected chi connectivity index (χ4v) is 5.33. The fourth-order valence-electron chi connectivity index (χ4n) is 4.31. The van der Waals surface area contributed by atoms with Crippen molar-refractivity contribution in [2.45, 2.75) is 38.3 Å². The number of nitrogens with two attached hydrogens (primary N) is 1. The van der Waals surface area contributed by atoms with E-state index in [0.717, 1.165) is 34.9 Å². The molecule has 1 aliphatic rings. The maximum absolute atomic E-state index is 11.6. The Kier molecular flexibility index (Phi) is 5.22. The average molecular weight is 444 g/mol. The van der Waals surface area contributed by atoms with Gasteiger partial charge in [-0.25, -0.2) is 13.1 Å². The van der Waals surface area contributed by atoms with Gasteiger partial charge in [0.2, 0.25) is 10.0 Å². The van der Waals surface area contributed by atoms with Crippen LogP contribution in [0, 0.1) is 18.3 Å². The minimum Gasteiger partial charge on any atom is -0.396 e. The number of nitrogens with zero attached hydrogens (tertiary/aromatic N) is 3. The molecule has 2 atom stereocenters. The summed E-state index contributed by atoms with van der Waals surface area (Å²) in [6.07, 6.45) is 8.69. The number of aromatic nitrogens is 2. The summed E-state index contributed by atoms with van der Waals surface area (Å²) in [5, 5.41) is 10.8. The van der Waals surface area contributed by atoms with Crippen LogP contribution in [0.3, 0.4) is 0 Å². The minimum atomic E-state index is -3.25. The smallest absolute Gasteiger partial charge is 0.208 e. The number of rotatable bonds is 4. The fraction of sp³-hybridized carbons (Fsp3) is 0.333. The Morgan fingerprint density at radius 2 is 2.07 bits per heavy atom. The predicted molar refractivity (Wildman–Crippen MR) is 119 cm³/mol. The third-order valence-corrected chi connectivity index (χ3v) is 6.86. The van der Waals surface area contributed by atoms with E-state index in [1.165, 1.54) is 12.5 Å². The normalized spacial score (nSPS) is 19.3. The molecule has 0 amide bonds. The summed E-state index contributed by atoms with van der Waals surface area (Å²) in [5.74, 6) is 0. The van der Waals surface area contributed by atoms with E-state index in [1.807, 2.05) is 25.3 Å². The van der Waals surface area contributed by atoms with Crippen LogP contribution in [0.5, 0.6) is 0 Å². The largest absolute Gasteiger partial charge is 0.396 e. The van der Waals surface area contributed by atoms with Crippen molar-refractivity contribution in [2.75, 3.05) is 12.0 Å². The van der Waals surface area contributed by atoms with E-state index in [9.17, 15) is 13.7 Å². The SMILES string of the molecule is Cc1cc2c(cc1C#N)c(-c1cncc(N)c1Cl)cn2[C@H]1CC[C@H](NS(C)(=O)=O)C1. The molecule has 0 aliphatic heterocycles. The molecule has 2 heterocycles. The topological polar surface area (TPSA) is 114 Å². The molecule has 4 rings (SSSR count). The lowest BCUT2D eigenvalue weighted by Crippen LogP contribution is -2.32. The predicted octanol–water partition coefficient (Wildman–Crippen LogP) is 3.76. The zero-order chi connectivity index (χ0) is 21.6. The van der Waals surface area contributed by atoms with Gasteiger partial charge in [-0.1, -0.05) is 11.6 Å². The first-order valence-electron chi connectivity index (χ1n) is 9.60. The summed E-state index contributed by atoms with van der Waals surface area (Å²) in [5.41, 5.74) is 10.4. The van der Waals surface area contributed by atoms with Crippen molar-refractivity contribution < 1.29 is 8.42 Å². The summed E-state index contributed by atoms with van der Waals surface area (Å²) in [7, 11) is -3.25. The number of fused-ring (bicyclic) bond motifs is 1. The molecule has 30 heavy (non-hydrogen) atoms. The van der Waals surface area contributed by atoms with Crippen LogP contribution in [-0.4, -0.2) is 30.3 Å². The molecular weight excluding hydrogens is 422 g/mol. The molecule has 1 aliphatic carbocycles. The van der Waals surface area contributed by atoms with Crippen molar-refractivity contribution in [3.63, 3.8) is 0 Å². The number of nitrogens with one attached hydrogen (secondary N) is 1. The van der Waals surface area contributed by atoms with Crippen molar-refractivity contribution >= 4 is 38.2 Å². The van der Waals surface area contributed by atoms with E-state index in [-0.39, 0.29) is 12.1 Å². The van der Waals surface area contributed by atoms with E-state index in [0.29, 0.717) is 28.3 Å². The third-order valence-electron chi connectivity index (χ3n) is 5.68. The van der Waals surface area contributed by atoms with Gasteiger partial charge >= 0.3 is 0 Å². The van der Waals surface area contributed by atoms with Crippen LogP contribution in [-0.2, 0) is 10.0 Å². The van der Waals surface area contributed by atoms with Crippen LogP contribution in [0.1, 0.15) is 36.4 Å². The van der Waals surface area contributed by atoms with Gasteiger partial charge in [-0.15, -0.1) is 0 Å². The molecule has 1 aromatic carbocycles. The third kappa shape index (κ3) is 3.76. The van der Waals surface area contributed by atoms with Crippen molar-refractivity contribution in [1.82, 2.24) is 14.3 Å². The van der Waals surface area contributed by atoms with Crippen LogP contribution < -0.4 is 10.5 Å². The van der Waals surface area contributed by atoms with Crippen LogP contribution in [0.15, 0.2) is 30.7 Å². The second-order valence-corrected chi connectivity index (χ2v) is 10.0. The van der Waals surface area contributed by atoms with E-state index in [1.54, 1.807) is 6.20 Å². The second-order valence-electron chi connectivity index (χ2n) is 7.89. The number of halogens is 1. The van der Waals surface area contributed by atoms with Gasteiger partial charge in [-0.3, -0.25) is 4.98 Å². The van der Waals surface area contributed by atoms with Gasteiger partial charge in [-0.2, -0.15) is 5.26 Å². The highest BCUT2D eigenvalue weighted by Crippen LogP contribution is 2.41. The van der Waals surface area contributed by atoms with Crippen molar-refractivity contribution in [1.29, 1.82) is 5.26 Å². The first kappa shape index (κ1) is 20.7. The Morgan fingerprint density at radius 3 is 2.77 bits per heavy atom. The van der Waals surface area contributed by atoms with E-state index in [4.69, 9.17) is 17.3 Å². The van der Waals surface area contributed by atoms with E-state index < -0.39 is 10.0 Å². The van der Waals surface area contributed by atoms with Gasteiger partial charge in [-0.05, 0) is 43.9 Å². The molecule has 7 nitrogen and oxygen atoms in total. The Labute approximate surface area is 180 Å². The Bertz CT molecular complexity index is 1290. The molecule has 0 saturated heterocycles. The number of pyridine rings is 1. The molecule has 1 fully saturated rings. The summed E-state index contributed by atoms with van der Waals surface area (Å²) in [6.45, 7) is 1.91. The second kappa shape index (κ2) is 7.58. The number of nitrogen functional groups attached to an aromatic ring is 1. The van der Waals surface area contributed by atoms with Gasteiger partial charge in [0.05, 0.1) is 34.8 Å². The molecule has 156 valence electrons. The lowest BCUT2D eigenvalue weighted by molar-refractivity contribution is 0.511. The zero-order valence-corrected chi connectivity index (χ0v) is 18.3. The summed E-state index contributed by atoms with van der Waals surface area (Å²) in [4.78, 5) is 4.19. The van der Waals surface area contributed by atoms with Gasteiger partial charge in [0.15, 0.2) is 0 Å². The summed E-state index contributed by atoms with van der Waals surface area (Å²) >= 11 is 6.48. The van der Waals surface area contributed by atoms with Crippen LogP contribution in [0.2, 0.25) is 5.02 Å². The number of hydrogen-bond donors (Lipinski definition) is 2. The number of anilines is 1. The Balaban J connectivity index is 1.86. The highest BCUT2D eigenvalue weighted by atomic mass is 35.5. The molecule has 0 unspecified atom stereocenters. The van der Waals surface area contributed by atoms with Gasteiger partial charge in [0.25, 0.3) is 0 Å². The monoisotopic (exact) mass is 443 g/mol. The molecule has 2 aromatic heterocycles. The Hall–Kier alpha value is -2.60. The average Bonchev–Trinajstić information content (AvgIpc) is 3.26. The van der Waals surface area contributed by atoms with Crippen molar-refractivity contribution in [3.8, 4) is 17.2 Å². The number of hydrogen-bond acceptors (Lipinski definition) is 5. The quantitative estimate of drug-likeness (QED) is 0.637. The Morgan fingerprint density at radius 1 is 1.30 bits per heavy atom. The minimum absolute atomic E-state index is 0.0944. The molecule has 3 N–H and O–H groups in total. The standard InChI is InChI=1S/C21H22ClN5O2S/c1-12-5-20-16(6-13(12)8-23)18(17-9-25-10-19(24)21(17)22)11-27(20)15-4-3-14(7-15)26-30(2,28)29/h5-6,9-11,14-15,26H,3-4,7,24H2,1-2H3/t14-,15-/m0/s1. The highest BCUT2D eigenvalue weighted by molar-refractivity contribution is 7.88. The summed E-state index contributed by atoms with van der Waals surface area (Å²) < 4.78 is 28.2. The number of aryl methyl sites for hydroxylation is 1. The number of nitriles is 1. The van der Waals surface area contributed by atoms with Gasteiger partial charge in [0.1, 0.15) is 0 Å². The molecular formula is C21H22ClN5O2S. The lowest BCUT2D eigenvalue weighted by atomic mass is 10.0. The van der Waals surface area contributed by atoms with E-state index in [2.05, 4.69) is 20.3 Å². The summed E-state index contributed by atoms with van der Waals surface area (Å²) in [6, 6.07) is 6.15. The molecule has 1 saturated carbocycles. The maximum atomic E-state index is 11.6. The van der Waals surface area contributed by atoms with Gasteiger partial charge in [0, 0.05) is 46.5 Å². The lowest BCUT2D eigenvalue weighted by Gasteiger charge is -2.15. The first-order valence-corrected chi connectivity index (χ1v) is 11.9. The van der Waals surface area contributed by atoms with Crippen molar-refractivity contribution in [2.24, 2.45) is 0 Å². The van der Waals surface area contributed by atoms with Crippen molar-refractivity contribution in [3.05, 3.63) is 46.9 Å². The molecule has 3 aromatic rings.